The van der Waals surface area contributed by atoms with Crippen molar-refractivity contribution in [3.8, 4) is 0 Å². The predicted octanol–water partition coefficient (Wildman–Crippen LogP) is 3.52. The van der Waals surface area contributed by atoms with Crippen molar-refractivity contribution in [1.29, 1.82) is 0 Å². The molecule has 19 heavy (non-hydrogen) atoms. The summed E-state index contributed by atoms with van der Waals surface area (Å²) in [5.41, 5.74) is 5.97. The van der Waals surface area contributed by atoms with Gasteiger partial charge in [-0.1, -0.05) is 11.6 Å². The average molecular weight is 368 g/mol. The van der Waals surface area contributed by atoms with Gasteiger partial charge in [0.15, 0.2) is 0 Å². The van der Waals surface area contributed by atoms with E-state index < -0.39 is 0 Å². The maximum absolute atomic E-state index is 6.13. The van der Waals surface area contributed by atoms with Crippen LogP contribution in [0.2, 0.25) is 4.34 Å². The number of nitrogens with two attached hydrogens (primary N) is 1. The molecule has 1 atom stereocenters. The first-order valence-corrected chi connectivity index (χ1v) is 8.52. The van der Waals surface area contributed by atoms with Crippen LogP contribution in [0.15, 0.2) is 10.5 Å². The monoisotopic (exact) mass is 366 g/mol. The largest absolute Gasteiger partial charge is 0.384 e. The molecule has 2 rings (SSSR count). The molecule has 1 aromatic rings. The van der Waals surface area contributed by atoms with Crippen molar-refractivity contribution >= 4 is 38.9 Å². The van der Waals surface area contributed by atoms with E-state index in [0.717, 1.165) is 28.5 Å². The summed E-state index contributed by atoms with van der Waals surface area (Å²) in [6.07, 6.45) is 2.37. The van der Waals surface area contributed by atoms with Crippen LogP contribution in [0.4, 0.5) is 0 Å². The minimum atomic E-state index is 0.289. The molecule has 0 amide bonds. The highest BCUT2D eigenvalue weighted by molar-refractivity contribution is 9.10. The van der Waals surface area contributed by atoms with Gasteiger partial charge in [0.1, 0.15) is 4.34 Å². The van der Waals surface area contributed by atoms with E-state index >= 15 is 0 Å². The van der Waals surface area contributed by atoms with E-state index in [0.29, 0.717) is 12.5 Å². The van der Waals surface area contributed by atoms with Gasteiger partial charge in [-0.15, -0.1) is 11.3 Å². The third kappa shape index (κ3) is 3.93. The summed E-state index contributed by atoms with van der Waals surface area (Å²) in [6.45, 7) is 3.68. The van der Waals surface area contributed by atoms with Crippen molar-refractivity contribution < 1.29 is 4.74 Å². The number of likely N-dealkylation sites (tertiary alicyclic amines) is 1. The predicted molar refractivity (Wildman–Crippen MR) is 85.0 cm³/mol. The maximum atomic E-state index is 6.13. The molecule has 0 spiro atoms. The highest BCUT2D eigenvalue weighted by Crippen LogP contribution is 2.37. The number of thiophene rings is 1. The number of ether oxygens (including phenoxy) is 1. The Morgan fingerprint density at radius 3 is 2.74 bits per heavy atom. The van der Waals surface area contributed by atoms with Gasteiger partial charge in [0.2, 0.25) is 0 Å². The molecule has 0 saturated carbocycles. The van der Waals surface area contributed by atoms with Gasteiger partial charge in [-0.2, -0.15) is 0 Å². The van der Waals surface area contributed by atoms with Gasteiger partial charge in [-0.3, -0.25) is 4.90 Å². The zero-order valence-electron chi connectivity index (χ0n) is 11.1. The van der Waals surface area contributed by atoms with Crippen LogP contribution >= 0.6 is 38.9 Å². The molecule has 1 unspecified atom stereocenters. The van der Waals surface area contributed by atoms with E-state index in [1.165, 1.54) is 17.7 Å². The van der Waals surface area contributed by atoms with Crippen molar-refractivity contribution in [3.05, 3.63) is 19.8 Å². The summed E-state index contributed by atoms with van der Waals surface area (Å²) in [7, 11) is 1.78. The van der Waals surface area contributed by atoms with Gasteiger partial charge in [0, 0.05) is 29.6 Å². The number of rotatable bonds is 5. The Balaban J connectivity index is 1.99. The molecule has 1 aromatic heterocycles. The van der Waals surface area contributed by atoms with Crippen molar-refractivity contribution in [2.45, 2.75) is 18.9 Å². The molecule has 0 bridgehead atoms. The Bertz CT molecular complexity index is 388. The molecule has 2 heterocycles. The van der Waals surface area contributed by atoms with Gasteiger partial charge in [0.05, 0.1) is 6.04 Å². The Morgan fingerprint density at radius 1 is 1.58 bits per heavy atom. The quantitative estimate of drug-likeness (QED) is 0.865. The third-order valence-corrected chi connectivity index (χ3v) is 6.28. The molecule has 1 saturated heterocycles. The lowest BCUT2D eigenvalue weighted by Gasteiger charge is -2.36. The molecular formula is C13H20BrClN2OS. The Hall–Kier alpha value is 0.350. The standard InChI is InChI=1S/C13H20BrClN2OS/c1-18-8-9-2-4-17(5-3-9)11(7-16)12-6-10(14)13(15)19-12/h6,9,11H,2-5,7-8,16H2,1H3. The third-order valence-electron chi connectivity index (χ3n) is 3.71. The van der Waals surface area contributed by atoms with Crippen LogP contribution in [0.5, 0.6) is 0 Å². The van der Waals surface area contributed by atoms with Gasteiger partial charge < -0.3 is 10.5 Å². The Morgan fingerprint density at radius 2 is 2.26 bits per heavy atom. The van der Waals surface area contributed by atoms with Gasteiger partial charge in [-0.25, -0.2) is 0 Å². The van der Waals surface area contributed by atoms with Gasteiger partial charge in [0.25, 0.3) is 0 Å². The van der Waals surface area contributed by atoms with E-state index in [2.05, 4.69) is 26.9 Å². The zero-order valence-corrected chi connectivity index (χ0v) is 14.2. The summed E-state index contributed by atoms with van der Waals surface area (Å²) < 4.78 is 7.02. The lowest BCUT2D eigenvalue weighted by atomic mass is 9.96. The van der Waals surface area contributed by atoms with Gasteiger partial charge >= 0.3 is 0 Å². The van der Waals surface area contributed by atoms with Crippen molar-refractivity contribution in [2.75, 3.05) is 33.4 Å². The molecule has 1 fully saturated rings. The number of hydrogen-bond donors (Lipinski definition) is 1. The molecule has 0 aromatic carbocycles. The van der Waals surface area contributed by atoms with E-state index in [9.17, 15) is 0 Å². The molecule has 1 aliphatic rings. The summed E-state index contributed by atoms with van der Waals surface area (Å²) in [6, 6.07) is 2.39. The van der Waals surface area contributed by atoms with Crippen LogP contribution < -0.4 is 5.73 Å². The van der Waals surface area contributed by atoms with E-state index in [-0.39, 0.29) is 6.04 Å². The fraction of sp³-hybridized carbons (Fsp3) is 0.692. The van der Waals surface area contributed by atoms with E-state index in [1.54, 1.807) is 18.4 Å². The normalized spacial score (nSPS) is 19.8. The number of hydrogen-bond acceptors (Lipinski definition) is 4. The first-order valence-electron chi connectivity index (χ1n) is 6.53. The van der Waals surface area contributed by atoms with Crippen molar-refractivity contribution in [1.82, 2.24) is 4.90 Å². The number of halogens is 2. The molecule has 2 N–H and O–H groups in total. The Kier molecular flexibility index (Phi) is 6.11. The molecule has 0 aliphatic carbocycles. The minimum Gasteiger partial charge on any atom is -0.384 e. The first kappa shape index (κ1) is 15.7. The fourth-order valence-corrected chi connectivity index (χ4v) is 4.52. The fourth-order valence-electron chi connectivity index (χ4n) is 2.64. The molecular weight excluding hydrogens is 348 g/mol. The van der Waals surface area contributed by atoms with Crippen LogP contribution in [-0.2, 0) is 4.74 Å². The second-order valence-electron chi connectivity index (χ2n) is 4.96. The van der Waals surface area contributed by atoms with E-state index in [1.807, 2.05) is 0 Å². The number of piperidine rings is 1. The van der Waals surface area contributed by atoms with Crippen molar-refractivity contribution in [2.24, 2.45) is 11.7 Å². The van der Waals surface area contributed by atoms with E-state index in [4.69, 9.17) is 22.1 Å². The smallest absolute Gasteiger partial charge is 0.107 e. The maximum Gasteiger partial charge on any atom is 0.107 e. The minimum absolute atomic E-state index is 0.289. The van der Waals surface area contributed by atoms with Crippen LogP contribution in [-0.4, -0.2) is 38.3 Å². The van der Waals surface area contributed by atoms with Crippen LogP contribution in [0.3, 0.4) is 0 Å². The first-order chi connectivity index (χ1) is 9.15. The highest BCUT2D eigenvalue weighted by Gasteiger charge is 2.26. The zero-order chi connectivity index (χ0) is 13.8. The molecule has 108 valence electrons. The number of methoxy groups -OCH3 is 1. The summed E-state index contributed by atoms with van der Waals surface area (Å²) in [5.74, 6) is 0.693. The number of nitrogens with zero attached hydrogens (tertiary/aromatic N) is 1. The van der Waals surface area contributed by atoms with Crippen molar-refractivity contribution in [3.63, 3.8) is 0 Å². The van der Waals surface area contributed by atoms with Gasteiger partial charge in [-0.05, 0) is 53.8 Å². The second-order valence-corrected chi connectivity index (χ2v) is 7.50. The average Bonchev–Trinajstić information content (AvgIpc) is 2.73. The SMILES string of the molecule is COCC1CCN(C(CN)c2cc(Br)c(Cl)s2)CC1. The summed E-state index contributed by atoms with van der Waals surface area (Å²) in [4.78, 5) is 3.73. The van der Waals surface area contributed by atoms with Crippen LogP contribution in [0.1, 0.15) is 23.8 Å². The summed E-state index contributed by atoms with van der Waals surface area (Å²) in [5, 5.41) is 0. The molecule has 6 heteroatoms. The van der Waals surface area contributed by atoms with Crippen LogP contribution in [0.25, 0.3) is 0 Å². The van der Waals surface area contributed by atoms with Crippen LogP contribution in [0, 0.1) is 5.92 Å². The second kappa shape index (κ2) is 7.38. The summed E-state index contributed by atoms with van der Waals surface area (Å²) >= 11 is 11.2. The molecule has 0 radical (unpaired) electrons. The molecule has 3 nitrogen and oxygen atoms in total. The lowest BCUT2D eigenvalue weighted by molar-refractivity contribution is 0.0818. The molecule has 1 aliphatic heterocycles. The highest BCUT2D eigenvalue weighted by atomic mass is 79.9. The Labute approximate surface area is 132 Å². The topological polar surface area (TPSA) is 38.5 Å². The lowest BCUT2D eigenvalue weighted by Crippen LogP contribution is -2.40.